The highest BCUT2D eigenvalue weighted by molar-refractivity contribution is 6.30. The molecule has 1 aliphatic carbocycles. The number of hydrogen-bond donors (Lipinski definition) is 3. The number of amides is 2. The summed E-state index contributed by atoms with van der Waals surface area (Å²) in [6.07, 6.45) is 0.714. The van der Waals surface area contributed by atoms with Crippen LogP contribution in [0.5, 0.6) is 0 Å². The van der Waals surface area contributed by atoms with E-state index >= 15 is 0 Å². The topological polar surface area (TPSA) is 78.4 Å². The van der Waals surface area contributed by atoms with Gasteiger partial charge in [-0.3, -0.25) is 9.59 Å². The lowest BCUT2D eigenvalue weighted by Gasteiger charge is -2.30. The minimum absolute atomic E-state index is 0.0201. The molecule has 2 unspecified atom stereocenters. The van der Waals surface area contributed by atoms with Crippen molar-refractivity contribution in [3.63, 3.8) is 0 Å². The van der Waals surface area contributed by atoms with Gasteiger partial charge in [0.25, 0.3) is 0 Å². The molecule has 1 fully saturated rings. The van der Waals surface area contributed by atoms with E-state index in [9.17, 15) is 14.7 Å². The van der Waals surface area contributed by atoms with Crippen molar-refractivity contribution in [1.82, 2.24) is 10.6 Å². The van der Waals surface area contributed by atoms with Crippen LogP contribution < -0.4 is 10.6 Å². The van der Waals surface area contributed by atoms with Crippen LogP contribution in [0.4, 0.5) is 0 Å². The molecule has 2 atom stereocenters. The standard InChI is InChI=1S/C17H23ClN2O3/c1-10(21)14(19-15(22)11-4-5-11)16(23)20-17(2,3)12-6-8-13(18)9-7-12/h6-11,14,21H,4-5H2,1-3H3,(H,19,22)(H,20,23). The number of nitrogens with one attached hydrogen (secondary N) is 2. The zero-order valence-corrected chi connectivity index (χ0v) is 14.4. The molecule has 1 aliphatic rings. The molecular weight excluding hydrogens is 316 g/mol. The second kappa shape index (κ2) is 6.89. The molecule has 0 spiro atoms. The third-order valence-corrected chi connectivity index (χ3v) is 4.26. The Hall–Kier alpha value is -1.59. The second-order valence-corrected chi connectivity index (χ2v) is 7.06. The van der Waals surface area contributed by atoms with Gasteiger partial charge in [-0.25, -0.2) is 0 Å². The molecule has 0 aliphatic heterocycles. The summed E-state index contributed by atoms with van der Waals surface area (Å²) in [7, 11) is 0. The van der Waals surface area contributed by atoms with Crippen LogP contribution >= 0.6 is 11.6 Å². The summed E-state index contributed by atoms with van der Waals surface area (Å²) in [6.45, 7) is 5.21. The Labute approximate surface area is 141 Å². The Bertz CT molecular complexity index is 580. The van der Waals surface area contributed by atoms with Crippen molar-refractivity contribution in [1.29, 1.82) is 0 Å². The lowest BCUT2D eigenvalue weighted by Crippen LogP contribution is -2.56. The van der Waals surface area contributed by atoms with E-state index in [0.717, 1.165) is 18.4 Å². The minimum Gasteiger partial charge on any atom is -0.391 e. The fraction of sp³-hybridized carbons (Fsp3) is 0.529. The van der Waals surface area contributed by atoms with Crippen molar-refractivity contribution in [3.8, 4) is 0 Å². The zero-order valence-electron chi connectivity index (χ0n) is 13.6. The van der Waals surface area contributed by atoms with Gasteiger partial charge in [-0.1, -0.05) is 23.7 Å². The van der Waals surface area contributed by atoms with Crippen LogP contribution in [-0.2, 0) is 15.1 Å². The Morgan fingerprint density at radius 1 is 1.26 bits per heavy atom. The SMILES string of the molecule is CC(O)C(NC(=O)C1CC1)C(=O)NC(C)(C)c1ccc(Cl)cc1. The molecule has 2 rings (SSSR count). The van der Waals surface area contributed by atoms with Gasteiger partial charge in [0.2, 0.25) is 11.8 Å². The predicted molar refractivity (Wildman–Crippen MR) is 89.0 cm³/mol. The monoisotopic (exact) mass is 338 g/mol. The highest BCUT2D eigenvalue weighted by Gasteiger charge is 2.35. The van der Waals surface area contributed by atoms with Gasteiger partial charge in [-0.05, 0) is 51.3 Å². The van der Waals surface area contributed by atoms with Crippen LogP contribution in [0.2, 0.25) is 5.02 Å². The summed E-state index contributed by atoms with van der Waals surface area (Å²) in [5.74, 6) is -0.599. The number of aliphatic hydroxyl groups is 1. The molecular formula is C17H23ClN2O3. The number of aliphatic hydroxyl groups excluding tert-OH is 1. The number of benzene rings is 1. The van der Waals surface area contributed by atoms with Crippen molar-refractivity contribution < 1.29 is 14.7 Å². The van der Waals surface area contributed by atoms with Gasteiger partial charge in [-0.2, -0.15) is 0 Å². The number of rotatable bonds is 6. The van der Waals surface area contributed by atoms with E-state index in [-0.39, 0.29) is 11.8 Å². The molecule has 3 N–H and O–H groups in total. The second-order valence-electron chi connectivity index (χ2n) is 6.62. The van der Waals surface area contributed by atoms with E-state index in [1.54, 1.807) is 12.1 Å². The molecule has 5 nitrogen and oxygen atoms in total. The number of carbonyl (C=O) groups excluding carboxylic acids is 2. The largest absolute Gasteiger partial charge is 0.391 e. The number of carbonyl (C=O) groups is 2. The predicted octanol–water partition coefficient (Wildman–Crippen LogP) is 1.97. The van der Waals surface area contributed by atoms with Crippen molar-refractivity contribution in [2.45, 2.75) is 51.3 Å². The average molecular weight is 339 g/mol. The van der Waals surface area contributed by atoms with Crippen molar-refractivity contribution in [2.75, 3.05) is 0 Å². The molecule has 1 aromatic carbocycles. The van der Waals surface area contributed by atoms with Crippen LogP contribution in [0, 0.1) is 5.92 Å². The van der Waals surface area contributed by atoms with E-state index in [4.69, 9.17) is 11.6 Å². The fourth-order valence-corrected chi connectivity index (χ4v) is 2.47. The molecule has 0 aromatic heterocycles. The first-order chi connectivity index (χ1) is 10.7. The summed E-state index contributed by atoms with van der Waals surface area (Å²) < 4.78 is 0. The molecule has 0 bridgehead atoms. The number of halogens is 1. The van der Waals surface area contributed by atoms with Gasteiger partial charge in [0.15, 0.2) is 0 Å². The van der Waals surface area contributed by atoms with Gasteiger partial charge in [-0.15, -0.1) is 0 Å². The normalized spacial score (nSPS) is 17.3. The zero-order chi connectivity index (χ0) is 17.2. The molecule has 0 saturated heterocycles. The summed E-state index contributed by atoms with van der Waals surface area (Å²) >= 11 is 5.88. The molecule has 0 radical (unpaired) electrons. The van der Waals surface area contributed by atoms with Crippen LogP contribution in [0.3, 0.4) is 0 Å². The third kappa shape index (κ3) is 4.69. The number of hydrogen-bond acceptors (Lipinski definition) is 3. The van der Waals surface area contributed by atoms with Gasteiger partial charge < -0.3 is 15.7 Å². The van der Waals surface area contributed by atoms with E-state index in [2.05, 4.69) is 10.6 Å². The van der Waals surface area contributed by atoms with E-state index < -0.39 is 23.6 Å². The quantitative estimate of drug-likeness (QED) is 0.742. The average Bonchev–Trinajstić information content (AvgIpc) is 3.28. The first-order valence-electron chi connectivity index (χ1n) is 7.77. The highest BCUT2D eigenvalue weighted by Crippen LogP contribution is 2.29. The van der Waals surface area contributed by atoms with E-state index in [0.29, 0.717) is 5.02 Å². The van der Waals surface area contributed by atoms with E-state index in [1.807, 2.05) is 26.0 Å². The molecule has 1 saturated carbocycles. The molecule has 1 aromatic rings. The smallest absolute Gasteiger partial charge is 0.245 e. The first-order valence-corrected chi connectivity index (χ1v) is 8.15. The van der Waals surface area contributed by atoms with Gasteiger partial charge >= 0.3 is 0 Å². The van der Waals surface area contributed by atoms with Gasteiger partial charge in [0, 0.05) is 10.9 Å². The Balaban J connectivity index is 2.06. The van der Waals surface area contributed by atoms with Crippen molar-refractivity contribution in [3.05, 3.63) is 34.9 Å². The van der Waals surface area contributed by atoms with Crippen LogP contribution in [-0.4, -0.2) is 29.1 Å². The van der Waals surface area contributed by atoms with Crippen LogP contribution in [0.1, 0.15) is 39.2 Å². The lowest BCUT2D eigenvalue weighted by atomic mass is 9.93. The Morgan fingerprint density at radius 2 is 1.83 bits per heavy atom. The van der Waals surface area contributed by atoms with Crippen LogP contribution in [0.25, 0.3) is 0 Å². The fourth-order valence-electron chi connectivity index (χ4n) is 2.35. The lowest BCUT2D eigenvalue weighted by molar-refractivity contribution is -0.133. The molecule has 126 valence electrons. The summed E-state index contributed by atoms with van der Waals surface area (Å²) in [4.78, 5) is 24.4. The first kappa shape index (κ1) is 17.8. The molecule has 0 heterocycles. The maximum absolute atomic E-state index is 12.5. The third-order valence-electron chi connectivity index (χ3n) is 4.01. The Kier molecular flexibility index (Phi) is 5.32. The minimum atomic E-state index is -0.973. The summed E-state index contributed by atoms with van der Waals surface area (Å²) in [6, 6.07) is 6.22. The maximum atomic E-state index is 12.5. The highest BCUT2D eigenvalue weighted by atomic mass is 35.5. The molecule has 23 heavy (non-hydrogen) atoms. The molecule has 2 amide bonds. The maximum Gasteiger partial charge on any atom is 0.245 e. The van der Waals surface area contributed by atoms with Gasteiger partial charge in [0.1, 0.15) is 6.04 Å². The van der Waals surface area contributed by atoms with E-state index in [1.165, 1.54) is 6.92 Å². The Morgan fingerprint density at radius 3 is 2.30 bits per heavy atom. The van der Waals surface area contributed by atoms with Crippen LogP contribution in [0.15, 0.2) is 24.3 Å². The van der Waals surface area contributed by atoms with Gasteiger partial charge in [0.05, 0.1) is 11.6 Å². The molecule has 6 heteroatoms. The summed E-state index contributed by atoms with van der Waals surface area (Å²) in [5.41, 5.74) is 0.229. The van der Waals surface area contributed by atoms with Crippen molar-refractivity contribution >= 4 is 23.4 Å². The summed E-state index contributed by atoms with van der Waals surface area (Å²) in [5, 5.41) is 16.0. The van der Waals surface area contributed by atoms with Crippen molar-refractivity contribution in [2.24, 2.45) is 5.92 Å².